The summed E-state index contributed by atoms with van der Waals surface area (Å²) < 4.78 is 16.7. The van der Waals surface area contributed by atoms with Crippen molar-refractivity contribution in [1.82, 2.24) is 9.99 Å². The van der Waals surface area contributed by atoms with Crippen molar-refractivity contribution in [2.45, 2.75) is 0 Å². The standard InChI is InChI=1S/C26H19N3O7/c1-34-22-13-19-20(14-23(22)35-2)27-12-11-21(19)36-16-9-7-15(8-10-16)28(26(32)33)29-24(30)17-5-3-4-6-18(17)25(29)31/h3-14H,1-2H3,(H,32,33). The summed E-state index contributed by atoms with van der Waals surface area (Å²) in [6.07, 6.45) is 0.103. The van der Waals surface area contributed by atoms with Gasteiger partial charge in [0.1, 0.15) is 11.5 Å². The number of hydrogen-bond donors (Lipinski definition) is 1. The van der Waals surface area contributed by atoms with Gasteiger partial charge in [-0.25, -0.2) is 4.79 Å². The second-order valence-corrected chi connectivity index (χ2v) is 7.69. The van der Waals surface area contributed by atoms with Crippen LogP contribution in [0.1, 0.15) is 20.7 Å². The molecule has 0 atom stereocenters. The van der Waals surface area contributed by atoms with Gasteiger partial charge in [0.15, 0.2) is 11.5 Å². The van der Waals surface area contributed by atoms with Gasteiger partial charge in [0.05, 0.1) is 36.6 Å². The molecular formula is C26H19N3O7. The molecule has 5 rings (SSSR count). The fourth-order valence-electron chi connectivity index (χ4n) is 3.99. The van der Waals surface area contributed by atoms with Crippen LogP contribution >= 0.6 is 0 Å². The van der Waals surface area contributed by atoms with Crippen LogP contribution in [-0.2, 0) is 0 Å². The van der Waals surface area contributed by atoms with Crippen LogP contribution in [-0.4, -0.2) is 47.2 Å². The maximum absolute atomic E-state index is 12.8. The summed E-state index contributed by atoms with van der Waals surface area (Å²) in [5.74, 6) is 0.493. The molecule has 10 nitrogen and oxygen atoms in total. The van der Waals surface area contributed by atoms with Gasteiger partial charge in [-0.2, -0.15) is 10.0 Å². The van der Waals surface area contributed by atoms with Gasteiger partial charge in [0, 0.05) is 17.6 Å². The average molecular weight is 485 g/mol. The van der Waals surface area contributed by atoms with Gasteiger partial charge < -0.3 is 19.3 Å². The van der Waals surface area contributed by atoms with Crippen LogP contribution in [0.25, 0.3) is 10.9 Å². The third-order valence-corrected chi connectivity index (χ3v) is 5.67. The maximum atomic E-state index is 12.8. The Labute approximate surface area is 204 Å². The highest BCUT2D eigenvalue weighted by Crippen LogP contribution is 2.37. The van der Waals surface area contributed by atoms with Crippen LogP contribution in [0.5, 0.6) is 23.0 Å². The first-order valence-corrected chi connectivity index (χ1v) is 10.7. The first-order chi connectivity index (χ1) is 17.4. The van der Waals surface area contributed by atoms with E-state index in [1.807, 2.05) is 0 Å². The van der Waals surface area contributed by atoms with E-state index in [1.54, 1.807) is 36.5 Å². The summed E-state index contributed by atoms with van der Waals surface area (Å²) in [7, 11) is 3.07. The number of methoxy groups -OCH3 is 2. The lowest BCUT2D eigenvalue weighted by Gasteiger charge is -2.27. The topological polar surface area (TPSA) is 118 Å². The number of pyridine rings is 1. The van der Waals surface area contributed by atoms with E-state index in [-0.39, 0.29) is 16.8 Å². The predicted molar refractivity (Wildman–Crippen MR) is 129 cm³/mol. The van der Waals surface area contributed by atoms with Crippen LogP contribution in [0.2, 0.25) is 0 Å². The van der Waals surface area contributed by atoms with Gasteiger partial charge in [-0.3, -0.25) is 14.6 Å². The monoisotopic (exact) mass is 485 g/mol. The molecule has 0 unspecified atom stereocenters. The highest BCUT2D eigenvalue weighted by Gasteiger charge is 2.42. The number of carbonyl (C=O) groups excluding carboxylic acids is 2. The van der Waals surface area contributed by atoms with Crippen molar-refractivity contribution in [3.05, 3.63) is 84.1 Å². The zero-order chi connectivity index (χ0) is 25.4. The molecule has 1 aliphatic rings. The SMILES string of the molecule is COc1cc2nccc(Oc3ccc(N(C(=O)O)N4C(=O)c5ccccc5C4=O)cc3)c2cc1OC. The summed E-state index contributed by atoms with van der Waals surface area (Å²) in [6, 6.07) is 17.3. The highest BCUT2D eigenvalue weighted by atomic mass is 16.5. The number of imide groups is 1. The average Bonchev–Trinajstić information content (AvgIpc) is 3.14. The van der Waals surface area contributed by atoms with Gasteiger partial charge >= 0.3 is 6.09 Å². The Morgan fingerprint density at radius 3 is 2.06 bits per heavy atom. The molecule has 180 valence electrons. The number of anilines is 1. The molecule has 3 aromatic carbocycles. The lowest BCUT2D eigenvalue weighted by Crippen LogP contribution is -2.49. The molecule has 0 radical (unpaired) electrons. The Balaban J connectivity index is 1.45. The maximum Gasteiger partial charge on any atom is 0.431 e. The first-order valence-electron chi connectivity index (χ1n) is 10.7. The van der Waals surface area contributed by atoms with E-state index in [0.717, 1.165) is 0 Å². The van der Waals surface area contributed by atoms with Gasteiger partial charge in [0.2, 0.25) is 0 Å². The smallest absolute Gasteiger partial charge is 0.431 e. The second kappa shape index (κ2) is 8.91. The molecule has 0 saturated heterocycles. The van der Waals surface area contributed by atoms with Gasteiger partial charge in [-0.05, 0) is 48.5 Å². The number of ether oxygens (including phenoxy) is 3. The number of carboxylic acid groups (broad SMARTS) is 1. The summed E-state index contributed by atoms with van der Waals surface area (Å²) in [6.45, 7) is 0. The zero-order valence-electron chi connectivity index (χ0n) is 19.2. The van der Waals surface area contributed by atoms with Crippen LogP contribution in [0.15, 0.2) is 72.9 Å². The molecule has 36 heavy (non-hydrogen) atoms. The van der Waals surface area contributed by atoms with Crippen molar-refractivity contribution in [3.8, 4) is 23.0 Å². The van der Waals surface area contributed by atoms with Crippen LogP contribution < -0.4 is 19.2 Å². The number of aromatic nitrogens is 1. The highest BCUT2D eigenvalue weighted by molar-refractivity contribution is 6.23. The predicted octanol–water partition coefficient (Wildman–Crippen LogP) is 4.74. The molecule has 2 heterocycles. The molecule has 0 spiro atoms. The van der Waals surface area contributed by atoms with E-state index < -0.39 is 17.9 Å². The number of nitrogens with zero attached hydrogens (tertiary/aromatic N) is 3. The number of carbonyl (C=O) groups is 3. The fourth-order valence-corrected chi connectivity index (χ4v) is 3.99. The minimum atomic E-state index is -1.49. The molecule has 3 amide bonds. The summed E-state index contributed by atoms with van der Waals surface area (Å²) in [5, 5.41) is 11.7. The molecule has 1 aliphatic heterocycles. The third kappa shape index (κ3) is 3.70. The Morgan fingerprint density at radius 2 is 1.47 bits per heavy atom. The molecule has 0 saturated carbocycles. The molecule has 1 N–H and O–H groups in total. The summed E-state index contributed by atoms with van der Waals surface area (Å²) in [5.41, 5.74) is 1.01. The quantitative estimate of drug-likeness (QED) is 0.389. The van der Waals surface area contributed by atoms with Gasteiger partial charge in [0.25, 0.3) is 11.8 Å². The number of benzene rings is 3. The number of hydrazine groups is 1. The number of fused-ring (bicyclic) bond motifs is 2. The van der Waals surface area contributed by atoms with Crippen molar-refractivity contribution in [1.29, 1.82) is 0 Å². The first kappa shape index (κ1) is 22.7. The van der Waals surface area contributed by atoms with Crippen LogP contribution in [0.3, 0.4) is 0 Å². The van der Waals surface area contributed by atoms with E-state index in [9.17, 15) is 19.5 Å². The Hall–Kier alpha value is -5.12. The molecular weight excluding hydrogens is 466 g/mol. The van der Waals surface area contributed by atoms with Crippen LogP contribution in [0.4, 0.5) is 10.5 Å². The lowest BCUT2D eigenvalue weighted by atomic mass is 10.1. The van der Waals surface area contributed by atoms with E-state index in [0.29, 0.717) is 43.9 Å². The Kier molecular flexibility index (Phi) is 5.61. The molecule has 1 aromatic heterocycles. The van der Waals surface area contributed by atoms with E-state index >= 15 is 0 Å². The molecule has 0 bridgehead atoms. The van der Waals surface area contributed by atoms with Gasteiger partial charge in [-0.15, -0.1) is 0 Å². The van der Waals surface area contributed by atoms with Crippen molar-refractivity contribution in [2.24, 2.45) is 0 Å². The molecule has 0 aliphatic carbocycles. The normalized spacial score (nSPS) is 12.4. The second-order valence-electron chi connectivity index (χ2n) is 7.69. The Bertz CT molecular complexity index is 1480. The van der Waals surface area contributed by atoms with Crippen molar-refractivity contribution >= 4 is 34.5 Å². The number of hydrogen-bond acceptors (Lipinski definition) is 7. The molecule has 0 fully saturated rings. The minimum Gasteiger partial charge on any atom is -0.493 e. The van der Waals surface area contributed by atoms with E-state index in [2.05, 4.69) is 4.98 Å². The fraction of sp³-hybridized carbons (Fsp3) is 0.0769. The summed E-state index contributed by atoms with van der Waals surface area (Å²) in [4.78, 5) is 42.0. The lowest BCUT2D eigenvalue weighted by molar-refractivity contribution is 0.0627. The largest absolute Gasteiger partial charge is 0.493 e. The molecule has 10 heteroatoms. The van der Waals surface area contributed by atoms with Gasteiger partial charge in [-0.1, -0.05) is 12.1 Å². The minimum absolute atomic E-state index is 0.0929. The van der Waals surface area contributed by atoms with Crippen LogP contribution in [0, 0.1) is 0 Å². The third-order valence-electron chi connectivity index (χ3n) is 5.67. The Morgan fingerprint density at radius 1 is 0.861 bits per heavy atom. The van der Waals surface area contributed by atoms with Crippen molar-refractivity contribution in [3.63, 3.8) is 0 Å². The zero-order valence-corrected chi connectivity index (χ0v) is 19.2. The molecule has 4 aromatic rings. The van der Waals surface area contributed by atoms with E-state index in [1.165, 1.54) is 50.6 Å². The summed E-state index contributed by atoms with van der Waals surface area (Å²) >= 11 is 0. The van der Waals surface area contributed by atoms with Crippen molar-refractivity contribution in [2.75, 3.05) is 19.2 Å². The number of rotatable bonds is 6. The van der Waals surface area contributed by atoms with E-state index in [4.69, 9.17) is 14.2 Å². The van der Waals surface area contributed by atoms with Crippen molar-refractivity contribution < 1.29 is 33.7 Å². The number of amides is 3.